The maximum Gasteiger partial charge on any atom is 0.258 e. The van der Waals surface area contributed by atoms with Crippen molar-refractivity contribution in [2.24, 2.45) is 5.73 Å². The lowest BCUT2D eigenvalue weighted by Gasteiger charge is -2.21. The number of ether oxygens (including phenoxy) is 2. The van der Waals surface area contributed by atoms with Gasteiger partial charge < -0.3 is 20.5 Å². The molecule has 0 fully saturated rings. The van der Waals surface area contributed by atoms with Crippen LogP contribution in [0.3, 0.4) is 0 Å². The molecular weight excluding hydrogens is 268 g/mol. The summed E-state index contributed by atoms with van der Waals surface area (Å²) in [6, 6.07) is 5.76. The minimum absolute atomic E-state index is 0.122. The summed E-state index contributed by atoms with van der Waals surface area (Å²) in [4.78, 5) is 11.4. The minimum atomic E-state index is -0.630. The van der Waals surface area contributed by atoms with Gasteiger partial charge in [0.2, 0.25) is 0 Å². The number of primary amides is 1. The number of hydrogen-bond acceptors (Lipinski definition) is 4. The smallest absolute Gasteiger partial charge is 0.258 e. The van der Waals surface area contributed by atoms with Crippen LogP contribution in [0.25, 0.3) is 0 Å². The van der Waals surface area contributed by atoms with E-state index in [0.717, 1.165) is 18.5 Å². The van der Waals surface area contributed by atoms with Gasteiger partial charge in [0.1, 0.15) is 11.5 Å². The van der Waals surface area contributed by atoms with Crippen molar-refractivity contribution in [3.8, 4) is 11.5 Å². The molecule has 1 amide bonds. The lowest BCUT2D eigenvalue weighted by molar-refractivity contribution is -0.124. The van der Waals surface area contributed by atoms with Gasteiger partial charge >= 0.3 is 0 Å². The average molecular weight is 294 g/mol. The van der Waals surface area contributed by atoms with Gasteiger partial charge in [0.05, 0.1) is 7.11 Å². The maximum atomic E-state index is 11.4. The van der Waals surface area contributed by atoms with Gasteiger partial charge in [-0.1, -0.05) is 19.9 Å². The van der Waals surface area contributed by atoms with Crippen molar-refractivity contribution in [3.63, 3.8) is 0 Å². The van der Waals surface area contributed by atoms with Gasteiger partial charge in [-0.05, 0) is 32.4 Å². The molecule has 1 aromatic rings. The van der Waals surface area contributed by atoms with Gasteiger partial charge in [0.25, 0.3) is 5.91 Å². The predicted octanol–water partition coefficient (Wildman–Crippen LogP) is 2.40. The van der Waals surface area contributed by atoms with Crippen LogP contribution >= 0.6 is 0 Å². The Morgan fingerprint density at radius 1 is 1.38 bits per heavy atom. The Morgan fingerprint density at radius 2 is 2.10 bits per heavy atom. The molecule has 0 saturated carbocycles. The van der Waals surface area contributed by atoms with Gasteiger partial charge in [0.15, 0.2) is 6.10 Å². The van der Waals surface area contributed by atoms with E-state index in [2.05, 4.69) is 19.2 Å². The fourth-order valence-corrected chi connectivity index (χ4v) is 2.07. The molecule has 1 aromatic carbocycles. The monoisotopic (exact) mass is 294 g/mol. The molecule has 0 aliphatic rings. The van der Waals surface area contributed by atoms with Crippen molar-refractivity contribution >= 4 is 5.91 Å². The zero-order valence-corrected chi connectivity index (χ0v) is 13.3. The second kappa shape index (κ2) is 8.52. The molecule has 0 aliphatic heterocycles. The van der Waals surface area contributed by atoms with E-state index in [9.17, 15) is 4.79 Å². The average Bonchev–Trinajstić information content (AvgIpc) is 2.49. The molecule has 2 atom stereocenters. The molecule has 0 aromatic heterocycles. The van der Waals surface area contributed by atoms with Crippen molar-refractivity contribution in [3.05, 3.63) is 23.8 Å². The van der Waals surface area contributed by atoms with Crippen LogP contribution in [0.5, 0.6) is 11.5 Å². The molecule has 21 heavy (non-hydrogen) atoms. The number of nitrogens with one attached hydrogen (secondary N) is 1. The maximum absolute atomic E-state index is 11.4. The number of nitrogens with two attached hydrogens (primary N) is 1. The van der Waals surface area contributed by atoms with E-state index >= 15 is 0 Å². The van der Waals surface area contributed by atoms with E-state index in [1.54, 1.807) is 13.2 Å². The molecule has 0 aliphatic carbocycles. The Bertz CT molecular complexity index is 463. The van der Waals surface area contributed by atoms with Crippen LogP contribution in [0, 0.1) is 0 Å². The second-order valence-electron chi connectivity index (χ2n) is 5.00. The Labute approximate surface area is 126 Å². The molecule has 0 bridgehead atoms. The molecule has 5 nitrogen and oxygen atoms in total. The third-order valence-electron chi connectivity index (χ3n) is 3.35. The SMILES string of the molecule is CCCNC(C)c1ccc(OC)cc1OC(CC)C(N)=O. The Hall–Kier alpha value is -1.75. The van der Waals surface area contributed by atoms with Gasteiger partial charge in [-0.3, -0.25) is 4.79 Å². The standard InChI is InChI=1S/C16H26N2O3/c1-5-9-18-11(3)13-8-7-12(20-4)10-15(13)21-14(6-2)16(17)19/h7-8,10-11,14,18H,5-6,9H2,1-4H3,(H2,17,19). The highest BCUT2D eigenvalue weighted by molar-refractivity contribution is 5.79. The highest BCUT2D eigenvalue weighted by atomic mass is 16.5. The minimum Gasteiger partial charge on any atom is -0.497 e. The third kappa shape index (κ3) is 4.93. The third-order valence-corrected chi connectivity index (χ3v) is 3.35. The molecule has 1 rings (SSSR count). The summed E-state index contributed by atoms with van der Waals surface area (Å²) in [6.07, 6.45) is 0.951. The largest absolute Gasteiger partial charge is 0.497 e. The van der Waals surface area contributed by atoms with Crippen LogP contribution in [-0.4, -0.2) is 25.7 Å². The van der Waals surface area contributed by atoms with E-state index in [-0.39, 0.29) is 6.04 Å². The van der Waals surface area contributed by atoms with Gasteiger partial charge in [-0.2, -0.15) is 0 Å². The van der Waals surface area contributed by atoms with Gasteiger partial charge in [-0.25, -0.2) is 0 Å². The summed E-state index contributed by atoms with van der Waals surface area (Å²) in [7, 11) is 1.60. The zero-order chi connectivity index (χ0) is 15.8. The first-order valence-electron chi connectivity index (χ1n) is 7.40. The van der Waals surface area contributed by atoms with Crippen molar-refractivity contribution in [2.75, 3.05) is 13.7 Å². The molecular formula is C16H26N2O3. The van der Waals surface area contributed by atoms with E-state index in [1.807, 2.05) is 19.1 Å². The number of amides is 1. The number of hydrogen-bond donors (Lipinski definition) is 2. The van der Waals surface area contributed by atoms with E-state index < -0.39 is 12.0 Å². The van der Waals surface area contributed by atoms with Gasteiger partial charge in [-0.15, -0.1) is 0 Å². The summed E-state index contributed by atoms with van der Waals surface area (Å²) in [6.45, 7) is 6.97. The van der Waals surface area contributed by atoms with Crippen LogP contribution < -0.4 is 20.5 Å². The zero-order valence-electron chi connectivity index (χ0n) is 13.3. The number of methoxy groups -OCH3 is 1. The summed E-state index contributed by atoms with van der Waals surface area (Å²) >= 11 is 0. The molecule has 0 saturated heterocycles. The van der Waals surface area contributed by atoms with E-state index in [0.29, 0.717) is 17.9 Å². The van der Waals surface area contributed by atoms with Crippen LogP contribution in [0.4, 0.5) is 0 Å². The first-order chi connectivity index (χ1) is 10.0. The fourth-order valence-electron chi connectivity index (χ4n) is 2.07. The van der Waals surface area contributed by atoms with Crippen molar-refractivity contribution in [2.45, 2.75) is 45.8 Å². The summed E-state index contributed by atoms with van der Waals surface area (Å²) in [5, 5.41) is 3.41. The van der Waals surface area contributed by atoms with Crippen LogP contribution in [0.2, 0.25) is 0 Å². The van der Waals surface area contributed by atoms with E-state index in [1.165, 1.54) is 0 Å². The topological polar surface area (TPSA) is 73.6 Å². The highest BCUT2D eigenvalue weighted by Gasteiger charge is 2.19. The van der Waals surface area contributed by atoms with Crippen LogP contribution in [-0.2, 0) is 4.79 Å². The molecule has 0 radical (unpaired) electrons. The summed E-state index contributed by atoms with van der Waals surface area (Å²) < 4.78 is 11.0. The Kier molecular flexibility index (Phi) is 7.02. The number of benzene rings is 1. The molecule has 118 valence electrons. The molecule has 0 spiro atoms. The van der Waals surface area contributed by atoms with E-state index in [4.69, 9.17) is 15.2 Å². The quantitative estimate of drug-likeness (QED) is 0.733. The van der Waals surface area contributed by atoms with Crippen molar-refractivity contribution in [1.29, 1.82) is 0 Å². The molecule has 2 unspecified atom stereocenters. The number of carbonyl (C=O) groups excluding carboxylic acids is 1. The molecule has 3 N–H and O–H groups in total. The van der Waals surface area contributed by atoms with Gasteiger partial charge in [0, 0.05) is 17.7 Å². The Balaban J connectivity index is 3.03. The lowest BCUT2D eigenvalue weighted by Crippen LogP contribution is -2.33. The van der Waals surface area contributed by atoms with Crippen molar-refractivity contribution < 1.29 is 14.3 Å². The lowest BCUT2D eigenvalue weighted by atomic mass is 10.1. The summed E-state index contributed by atoms with van der Waals surface area (Å²) in [5.74, 6) is 0.868. The summed E-state index contributed by atoms with van der Waals surface area (Å²) in [5.41, 5.74) is 6.35. The normalized spacial score (nSPS) is 13.5. The molecule has 0 heterocycles. The second-order valence-corrected chi connectivity index (χ2v) is 5.00. The number of rotatable bonds is 9. The number of carbonyl (C=O) groups is 1. The van der Waals surface area contributed by atoms with Crippen molar-refractivity contribution in [1.82, 2.24) is 5.32 Å². The highest BCUT2D eigenvalue weighted by Crippen LogP contribution is 2.30. The first kappa shape index (κ1) is 17.3. The predicted molar refractivity (Wildman–Crippen MR) is 83.6 cm³/mol. The Morgan fingerprint density at radius 3 is 2.62 bits per heavy atom. The van der Waals surface area contributed by atoms with Crippen LogP contribution in [0.15, 0.2) is 18.2 Å². The first-order valence-corrected chi connectivity index (χ1v) is 7.40. The molecule has 5 heteroatoms. The fraction of sp³-hybridized carbons (Fsp3) is 0.562. The van der Waals surface area contributed by atoms with Crippen LogP contribution in [0.1, 0.15) is 45.2 Å².